The summed E-state index contributed by atoms with van der Waals surface area (Å²) in [5.41, 5.74) is 1.57. The summed E-state index contributed by atoms with van der Waals surface area (Å²) in [7, 11) is -1.62. The molecule has 0 N–H and O–H groups in total. The molecule has 0 unspecified atom stereocenters. The summed E-state index contributed by atoms with van der Waals surface area (Å²) in [6, 6.07) is 16.1. The van der Waals surface area contributed by atoms with Gasteiger partial charge in [0.05, 0.1) is 24.8 Å². The smallest absolute Gasteiger partial charge is 0.428 e. The molecule has 30 heavy (non-hydrogen) atoms. The maximum Gasteiger partial charge on any atom is 0.428 e. The second-order valence-corrected chi connectivity index (χ2v) is 7.87. The number of carbonyl (C=O) groups excluding carboxylic acids is 1. The first-order chi connectivity index (χ1) is 14.5. The van der Waals surface area contributed by atoms with E-state index in [1.807, 2.05) is 12.1 Å². The van der Waals surface area contributed by atoms with Crippen LogP contribution >= 0.6 is 0 Å². The molecule has 1 amide bonds. The molecule has 8 heteroatoms. The Hall–Kier alpha value is -3.65. The van der Waals surface area contributed by atoms with Crippen LogP contribution in [0.3, 0.4) is 0 Å². The van der Waals surface area contributed by atoms with Crippen LogP contribution in [0.15, 0.2) is 78.0 Å². The monoisotopic (exact) mass is 424 g/mol. The molecule has 0 aliphatic heterocycles. The zero-order valence-electron chi connectivity index (χ0n) is 16.4. The fourth-order valence-electron chi connectivity index (χ4n) is 2.74. The van der Waals surface area contributed by atoms with E-state index >= 15 is 0 Å². The van der Waals surface area contributed by atoms with Gasteiger partial charge in [0.2, 0.25) is 0 Å². The summed E-state index contributed by atoms with van der Waals surface area (Å²) in [5, 5.41) is 0. The molecule has 2 aromatic carbocycles. The number of sulfonamides is 1. The van der Waals surface area contributed by atoms with Crippen molar-refractivity contribution >= 4 is 34.0 Å². The third kappa shape index (κ3) is 4.49. The average Bonchev–Trinajstić information content (AvgIpc) is 2.79. The van der Waals surface area contributed by atoms with Crippen molar-refractivity contribution in [3.63, 3.8) is 0 Å². The van der Waals surface area contributed by atoms with Gasteiger partial charge in [-0.3, -0.25) is 4.98 Å². The number of nitrogens with zero attached hydrogens (tertiary/aromatic N) is 2. The van der Waals surface area contributed by atoms with E-state index in [1.54, 1.807) is 48.8 Å². The number of para-hydroxylation sites is 1. The number of carbonyl (C=O) groups is 1. The predicted octanol–water partition coefficient (Wildman–Crippen LogP) is 4.22. The molecule has 3 aromatic rings. The van der Waals surface area contributed by atoms with E-state index in [9.17, 15) is 13.2 Å². The minimum absolute atomic E-state index is 0.0679. The molecule has 0 aliphatic carbocycles. The highest BCUT2D eigenvalue weighted by molar-refractivity contribution is 7.93. The molecule has 0 atom stereocenters. The number of anilines is 1. The summed E-state index contributed by atoms with van der Waals surface area (Å²) in [6.07, 6.45) is 5.82. The molecule has 0 bridgehead atoms. The van der Waals surface area contributed by atoms with E-state index in [0.717, 1.165) is 12.7 Å². The molecule has 0 fully saturated rings. The van der Waals surface area contributed by atoms with Gasteiger partial charge in [-0.05, 0) is 53.6 Å². The number of rotatable bonds is 6. The summed E-state index contributed by atoms with van der Waals surface area (Å²) in [5.74, 6) is 0.499. The van der Waals surface area contributed by atoms with E-state index < -0.39 is 16.1 Å². The number of ether oxygens (including phenoxy) is 2. The summed E-state index contributed by atoms with van der Waals surface area (Å²) >= 11 is 0. The van der Waals surface area contributed by atoms with E-state index in [2.05, 4.69) is 4.98 Å². The predicted molar refractivity (Wildman–Crippen MR) is 115 cm³/mol. The Kier molecular flexibility index (Phi) is 6.48. The number of hydrogen-bond donors (Lipinski definition) is 0. The lowest BCUT2D eigenvalue weighted by molar-refractivity contribution is 0.183. The van der Waals surface area contributed by atoms with Crippen LogP contribution in [-0.2, 0) is 14.8 Å². The zero-order valence-corrected chi connectivity index (χ0v) is 17.2. The molecular formula is C22H20N2O5S. The second-order valence-electron chi connectivity index (χ2n) is 6.09. The van der Waals surface area contributed by atoms with Gasteiger partial charge >= 0.3 is 6.09 Å². The van der Waals surface area contributed by atoms with Crippen LogP contribution in [0, 0.1) is 0 Å². The molecule has 0 aliphatic rings. The first-order valence-electron chi connectivity index (χ1n) is 8.92. The Morgan fingerprint density at radius 3 is 2.23 bits per heavy atom. The Morgan fingerprint density at radius 2 is 1.60 bits per heavy atom. The van der Waals surface area contributed by atoms with Gasteiger partial charge in [-0.25, -0.2) is 13.2 Å². The lowest BCUT2D eigenvalue weighted by atomic mass is 10.1. The molecule has 3 rings (SSSR count). The molecule has 0 saturated carbocycles. The van der Waals surface area contributed by atoms with Gasteiger partial charge in [-0.2, -0.15) is 4.31 Å². The number of benzene rings is 2. The average molecular weight is 424 g/mol. The van der Waals surface area contributed by atoms with Gasteiger partial charge < -0.3 is 9.47 Å². The van der Waals surface area contributed by atoms with Crippen molar-refractivity contribution < 1.29 is 22.7 Å². The fourth-order valence-corrected chi connectivity index (χ4v) is 4.12. The lowest BCUT2D eigenvalue weighted by Crippen LogP contribution is -2.37. The molecular weight excluding hydrogens is 404 g/mol. The van der Waals surface area contributed by atoms with E-state index in [4.69, 9.17) is 9.47 Å². The number of amides is 1. The number of aromatic nitrogens is 1. The van der Waals surface area contributed by atoms with Crippen LogP contribution in [0.4, 0.5) is 10.5 Å². The van der Waals surface area contributed by atoms with Crippen molar-refractivity contribution in [2.75, 3.05) is 18.5 Å². The molecule has 1 heterocycles. The van der Waals surface area contributed by atoms with Gasteiger partial charge in [0.15, 0.2) is 0 Å². The van der Waals surface area contributed by atoms with Crippen LogP contribution in [0.25, 0.3) is 12.2 Å². The SMILES string of the molecule is COC(=O)N(c1ccccc1/C=C/c1ccncc1)S(=O)(=O)c1ccc(OC)cc1. The first-order valence-corrected chi connectivity index (χ1v) is 10.4. The Labute approximate surface area is 175 Å². The van der Waals surface area contributed by atoms with Gasteiger partial charge in [-0.1, -0.05) is 30.4 Å². The van der Waals surface area contributed by atoms with E-state index in [0.29, 0.717) is 15.6 Å². The number of pyridine rings is 1. The Bertz CT molecular complexity index is 1140. The molecule has 0 saturated heterocycles. The molecule has 154 valence electrons. The lowest BCUT2D eigenvalue weighted by Gasteiger charge is -2.23. The highest BCUT2D eigenvalue weighted by Crippen LogP contribution is 2.30. The molecule has 7 nitrogen and oxygen atoms in total. The van der Waals surface area contributed by atoms with Crippen molar-refractivity contribution in [1.82, 2.24) is 4.98 Å². The topological polar surface area (TPSA) is 85.8 Å². The largest absolute Gasteiger partial charge is 0.497 e. The van der Waals surface area contributed by atoms with Crippen molar-refractivity contribution in [2.45, 2.75) is 4.90 Å². The van der Waals surface area contributed by atoms with Crippen LogP contribution in [-0.4, -0.2) is 33.7 Å². The molecule has 0 spiro atoms. The third-order valence-corrected chi connectivity index (χ3v) is 5.95. The van der Waals surface area contributed by atoms with Crippen molar-refractivity contribution in [3.05, 3.63) is 84.2 Å². The van der Waals surface area contributed by atoms with E-state index in [1.165, 1.54) is 31.4 Å². The summed E-state index contributed by atoms with van der Waals surface area (Å²) < 4.78 is 37.1. The van der Waals surface area contributed by atoms with Crippen LogP contribution < -0.4 is 9.04 Å². The van der Waals surface area contributed by atoms with Crippen LogP contribution in [0.1, 0.15) is 11.1 Å². The van der Waals surface area contributed by atoms with Crippen molar-refractivity contribution in [3.8, 4) is 5.75 Å². The highest BCUT2D eigenvalue weighted by atomic mass is 32.2. The van der Waals surface area contributed by atoms with Gasteiger partial charge in [0.1, 0.15) is 5.75 Å². The first kappa shape index (κ1) is 21.1. The zero-order chi connectivity index (χ0) is 21.6. The van der Waals surface area contributed by atoms with Crippen molar-refractivity contribution in [1.29, 1.82) is 0 Å². The van der Waals surface area contributed by atoms with Crippen molar-refractivity contribution in [2.24, 2.45) is 0 Å². The maximum atomic E-state index is 13.3. The molecule has 1 aromatic heterocycles. The van der Waals surface area contributed by atoms with Gasteiger partial charge in [0.25, 0.3) is 10.0 Å². The maximum absolute atomic E-state index is 13.3. The quantitative estimate of drug-likeness (QED) is 0.589. The standard InChI is InChI=1S/C22H20N2O5S/c1-28-19-9-11-20(12-10-19)30(26,27)24(22(25)29-2)21-6-4-3-5-18(21)8-7-17-13-15-23-16-14-17/h3-16H,1-2H3/b8-7+. The Balaban J connectivity index is 2.08. The third-order valence-electron chi connectivity index (χ3n) is 4.26. The normalized spacial score (nSPS) is 11.3. The van der Waals surface area contributed by atoms with Crippen LogP contribution in [0.5, 0.6) is 5.75 Å². The van der Waals surface area contributed by atoms with E-state index in [-0.39, 0.29) is 10.6 Å². The minimum Gasteiger partial charge on any atom is -0.497 e. The molecule has 0 radical (unpaired) electrons. The van der Waals surface area contributed by atoms with Gasteiger partial charge in [0, 0.05) is 12.4 Å². The van der Waals surface area contributed by atoms with Gasteiger partial charge in [-0.15, -0.1) is 0 Å². The second kappa shape index (κ2) is 9.23. The summed E-state index contributed by atoms with van der Waals surface area (Å²) in [4.78, 5) is 16.4. The number of methoxy groups -OCH3 is 2. The fraction of sp³-hybridized carbons (Fsp3) is 0.0909. The minimum atomic E-state index is -4.24. The Morgan fingerprint density at radius 1 is 0.933 bits per heavy atom. The number of hydrogen-bond acceptors (Lipinski definition) is 6. The highest BCUT2D eigenvalue weighted by Gasteiger charge is 2.33. The summed E-state index contributed by atoms with van der Waals surface area (Å²) in [6.45, 7) is 0. The van der Waals surface area contributed by atoms with Crippen LogP contribution in [0.2, 0.25) is 0 Å².